The lowest BCUT2D eigenvalue weighted by atomic mass is 9.98. The SMILES string of the molecule is CCCCCc1ccc(CCc2ccc(OCc3ccc(C)cc3F)c(F)c2C(F)F)cc1. The highest BCUT2D eigenvalue weighted by molar-refractivity contribution is 5.39. The van der Waals surface area contributed by atoms with Crippen molar-refractivity contribution in [3.63, 3.8) is 0 Å². The molecule has 0 atom stereocenters. The molecule has 1 nitrogen and oxygen atoms in total. The molecule has 0 unspecified atom stereocenters. The molecule has 3 rings (SSSR count). The number of benzene rings is 3. The first-order valence-corrected chi connectivity index (χ1v) is 11.4. The molecule has 0 aliphatic heterocycles. The van der Waals surface area contributed by atoms with E-state index in [1.165, 1.54) is 36.6 Å². The van der Waals surface area contributed by atoms with E-state index in [9.17, 15) is 17.6 Å². The molecule has 5 heteroatoms. The number of hydrogen-bond acceptors (Lipinski definition) is 1. The fourth-order valence-electron chi connectivity index (χ4n) is 3.83. The Morgan fingerprint density at radius 2 is 1.45 bits per heavy atom. The van der Waals surface area contributed by atoms with Crippen LogP contribution in [0.2, 0.25) is 0 Å². The molecule has 33 heavy (non-hydrogen) atoms. The highest BCUT2D eigenvalue weighted by Crippen LogP contribution is 2.33. The van der Waals surface area contributed by atoms with Gasteiger partial charge in [0.25, 0.3) is 6.43 Å². The smallest absolute Gasteiger partial charge is 0.267 e. The average Bonchev–Trinajstić information content (AvgIpc) is 2.78. The van der Waals surface area contributed by atoms with Gasteiger partial charge in [-0.1, -0.05) is 62.2 Å². The zero-order valence-electron chi connectivity index (χ0n) is 19.1. The monoisotopic (exact) mass is 458 g/mol. The zero-order chi connectivity index (χ0) is 23.8. The number of unbranched alkanes of at least 4 members (excludes halogenated alkanes) is 2. The van der Waals surface area contributed by atoms with Gasteiger partial charge in [0.15, 0.2) is 11.6 Å². The van der Waals surface area contributed by atoms with E-state index < -0.39 is 23.6 Å². The van der Waals surface area contributed by atoms with Crippen LogP contribution in [0.5, 0.6) is 5.75 Å². The summed E-state index contributed by atoms with van der Waals surface area (Å²) in [6, 6.07) is 15.6. The third kappa shape index (κ3) is 6.83. The van der Waals surface area contributed by atoms with Crippen molar-refractivity contribution in [2.45, 2.75) is 65.4 Å². The Labute approximate surface area is 193 Å². The van der Waals surface area contributed by atoms with Gasteiger partial charge in [-0.3, -0.25) is 0 Å². The summed E-state index contributed by atoms with van der Waals surface area (Å²) in [6.45, 7) is 3.68. The molecule has 0 saturated heterocycles. The topological polar surface area (TPSA) is 9.23 Å². The molecule has 0 aliphatic rings. The molecular formula is C28H30F4O. The summed E-state index contributed by atoms with van der Waals surface area (Å²) in [5, 5.41) is 0. The summed E-state index contributed by atoms with van der Waals surface area (Å²) in [5.74, 6) is -1.86. The molecule has 0 bridgehead atoms. The summed E-state index contributed by atoms with van der Waals surface area (Å²) < 4.78 is 61.7. The van der Waals surface area contributed by atoms with Gasteiger partial charge in [0.2, 0.25) is 0 Å². The fraction of sp³-hybridized carbons (Fsp3) is 0.357. The molecule has 3 aromatic rings. The minimum Gasteiger partial charge on any atom is -0.486 e. The van der Waals surface area contributed by atoms with Crippen LogP contribution in [0.4, 0.5) is 17.6 Å². The summed E-state index contributed by atoms with van der Waals surface area (Å²) in [5.41, 5.74) is 2.87. The van der Waals surface area contributed by atoms with Gasteiger partial charge in [-0.05, 0) is 67.0 Å². The van der Waals surface area contributed by atoms with Crippen LogP contribution in [0.3, 0.4) is 0 Å². The molecule has 0 amide bonds. The summed E-state index contributed by atoms with van der Waals surface area (Å²) in [7, 11) is 0. The highest BCUT2D eigenvalue weighted by atomic mass is 19.3. The predicted octanol–water partition coefficient (Wildman–Crippen LogP) is 8.31. The quantitative estimate of drug-likeness (QED) is 0.207. The van der Waals surface area contributed by atoms with Crippen LogP contribution in [0.25, 0.3) is 0 Å². The maximum Gasteiger partial charge on any atom is 0.267 e. The fourth-order valence-corrected chi connectivity index (χ4v) is 3.83. The van der Waals surface area contributed by atoms with Gasteiger partial charge in [-0.2, -0.15) is 0 Å². The molecule has 0 fully saturated rings. The molecule has 176 valence electrons. The third-order valence-corrected chi connectivity index (χ3v) is 5.82. The lowest BCUT2D eigenvalue weighted by Gasteiger charge is -2.15. The minimum atomic E-state index is -2.97. The van der Waals surface area contributed by atoms with E-state index in [-0.39, 0.29) is 23.5 Å². The van der Waals surface area contributed by atoms with Gasteiger partial charge in [0, 0.05) is 5.56 Å². The third-order valence-electron chi connectivity index (χ3n) is 5.82. The number of hydrogen-bond donors (Lipinski definition) is 0. The van der Waals surface area contributed by atoms with Crippen molar-refractivity contribution in [3.05, 3.63) is 99.6 Å². The Bertz CT molecular complexity index is 1040. The molecule has 0 heterocycles. The van der Waals surface area contributed by atoms with Crippen molar-refractivity contribution >= 4 is 0 Å². The van der Waals surface area contributed by atoms with Crippen LogP contribution in [-0.4, -0.2) is 0 Å². The number of alkyl halides is 2. The van der Waals surface area contributed by atoms with Crippen molar-refractivity contribution in [2.24, 2.45) is 0 Å². The second-order valence-electron chi connectivity index (χ2n) is 8.41. The highest BCUT2D eigenvalue weighted by Gasteiger charge is 2.22. The molecule has 0 N–H and O–H groups in total. The van der Waals surface area contributed by atoms with E-state index >= 15 is 0 Å². The van der Waals surface area contributed by atoms with Crippen LogP contribution in [0, 0.1) is 18.6 Å². The van der Waals surface area contributed by atoms with Crippen molar-refractivity contribution in [2.75, 3.05) is 0 Å². The number of rotatable bonds is 11. The van der Waals surface area contributed by atoms with Crippen molar-refractivity contribution < 1.29 is 22.3 Å². The van der Waals surface area contributed by atoms with Crippen molar-refractivity contribution in [1.82, 2.24) is 0 Å². The van der Waals surface area contributed by atoms with Gasteiger partial charge in [0.05, 0.1) is 5.56 Å². The van der Waals surface area contributed by atoms with Crippen molar-refractivity contribution in [3.8, 4) is 5.75 Å². The predicted molar refractivity (Wildman–Crippen MR) is 124 cm³/mol. The lowest BCUT2D eigenvalue weighted by molar-refractivity contribution is 0.143. The zero-order valence-corrected chi connectivity index (χ0v) is 19.1. The second-order valence-corrected chi connectivity index (χ2v) is 8.41. The minimum absolute atomic E-state index is 0.237. The van der Waals surface area contributed by atoms with Crippen molar-refractivity contribution in [1.29, 1.82) is 0 Å². The number of aryl methyl sites for hydroxylation is 4. The lowest BCUT2D eigenvalue weighted by Crippen LogP contribution is -2.06. The molecule has 3 aromatic carbocycles. The summed E-state index contributed by atoms with van der Waals surface area (Å²) in [6.07, 6.45) is 2.40. The first-order valence-electron chi connectivity index (χ1n) is 11.4. The van der Waals surface area contributed by atoms with Crippen LogP contribution in [0.1, 0.15) is 66.0 Å². The molecule has 0 saturated carbocycles. The molecular weight excluding hydrogens is 428 g/mol. The van der Waals surface area contributed by atoms with E-state index in [0.717, 1.165) is 24.0 Å². The van der Waals surface area contributed by atoms with Crippen LogP contribution in [0.15, 0.2) is 54.6 Å². The maximum absolute atomic E-state index is 14.9. The molecule has 0 radical (unpaired) electrons. The Morgan fingerprint density at radius 1 is 0.788 bits per heavy atom. The first-order chi connectivity index (χ1) is 15.9. The standard InChI is InChI=1S/C28H30F4O/c1-3-4-5-6-20-8-10-21(11-9-20)12-14-22-15-16-25(27(30)26(22)28(31)32)33-18-23-13-7-19(2)17-24(23)29/h7-11,13,15-17,28H,3-6,12,14,18H2,1-2H3. The number of ether oxygens (including phenoxy) is 1. The molecule has 0 spiro atoms. The van der Waals surface area contributed by atoms with E-state index in [0.29, 0.717) is 12.8 Å². The summed E-state index contributed by atoms with van der Waals surface area (Å²) >= 11 is 0. The summed E-state index contributed by atoms with van der Waals surface area (Å²) in [4.78, 5) is 0. The Hall–Kier alpha value is -2.82. The van der Waals surface area contributed by atoms with Crippen LogP contribution in [-0.2, 0) is 25.9 Å². The Balaban J connectivity index is 1.68. The second kappa shape index (κ2) is 11.9. The van der Waals surface area contributed by atoms with Crippen LogP contribution >= 0.6 is 0 Å². The maximum atomic E-state index is 14.9. The van der Waals surface area contributed by atoms with Gasteiger partial charge in [-0.15, -0.1) is 0 Å². The van der Waals surface area contributed by atoms with E-state index in [2.05, 4.69) is 19.1 Å². The van der Waals surface area contributed by atoms with Gasteiger partial charge in [-0.25, -0.2) is 17.6 Å². The average molecular weight is 459 g/mol. The van der Waals surface area contributed by atoms with Gasteiger partial charge >= 0.3 is 0 Å². The Morgan fingerprint density at radius 3 is 2.09 bits per heavy atom. The largest absolute Gasteiger partial charge is 0.486 e. The van der Waals surface area contributed by atoms with Crippen LogP contribution < -0.4 is 4.74 Å². The molecule has 0 aromatic heterocycles. The van der Waals surface area contributed by atoms with Gasteiger partial charge in [0.1, 0.15) is 12.4 Å². The van der Waals surface area contributed by atoms with E-state index in [4.69, 9.17) is 4.74 Å². The normalized spacial score (nSPS) is 11.2. The van der Waals surface area contributed by atoms with Gasteiger partial charge < -0.3 is 4.74 Å². The van der Waals surface area contributed by atoms with E-state index in [1.807, 2.05) is 12.1 Å². The number of halogens is 4. The Kier molecular flexibility index (Phi) is 8.93. The first kappa shape index (κ1) is 24.8. The molecule has 0 aliphatic carbocycles. The van der Waals surface area contributed by atoms with E-state index in [1.54, 1.807) is 19.1 Å².